The Labute approximate surface area is 163 Å². The molecule has 0 aliphatic carbocycles. The summed E-state index contributed by atoms with van der Waals surface area (Å²) >= 11 is 0. The van der Waals surface area contributed by atoms with Crippen LogP contribution in [0.15, 0.2) is 28.8 Å². The van der Waals surface area contributed by atoms with Gasteiger partial charge in [-0.3, -0.25) is 4.79 Å². The van der Waals surface area contributed by atoms with Crippen LogP contribution in [0.2, 0.25) is 0 Å². The Morgan fingerprint density at radius 3 is 2.75 bits per heavy atom. The first kappa shape index (κ1) is 18.5. The van der Waals surface area contributed by atoms with E-state index in [0.29, 0.717) is 50.0 Å². The van der Waals surface area contributed by atoms with Gasteiger partial charge in [-0.2, -0.15) is 4.98 Å². The number of pyridine rings is 1. The molecule has 3 aromatic rings. The van der Waals surface area contributed by atoms with Gasteiger partial charge in [-0.15, -0.1) is 0 Å². The van der Waals surface area contributed by atoms with Gasteiger partial charge in [0.05, 0.1) is 12.2 Å². The van der Waals surface area contributed by atoms with Crippen LogP contribution in [0, 0.1) is 13.8 Å². The first-order valence-electron chi connectivity index (χ1n) is 9.50. The minimum Gasteiger partial charge on any atom is -0.422 e. The van der Waals surface area contributed by atoms with Crippen molar-refractivity contribution in [1.82, 2.24) is 19.4 Å². The molecule has 28 heavy (non-hydrogen) atoms. The summed E-state index contributed by atoms with van der Waals surface area (Å²) in [6.45, 7) is 8.03. The molecule has 1 amide bonds. The number of hydrogen-bond acceptors (Lipinski definition) is 6. The number of anilines is 1. The number of ether oxygens (including phenoxy) is 1. The molecule has 4 heterocycles. The van der Waals surface area contributed by atoms with Crippen LogP contribution < -0.4 is 4.90 Å². The highest BCUT2D eigenvalue weighted by atomic mass is 16.5. The summed E-state index contributed by atoms with van der Waals surface area (Å²) in [6.07, 6.45) is 1.70. The highest BCUT2D eigenvalue weighted by molar-refractivity contribution is 5.96. The number of hydrogen-bond donors (Lipinski definition) is 0. The zero-order valence-corrected chi connectivity index (χ0v) is 16.5. The number of nitrogens with zero attached hydrogens (tertiary/aromatic N) is 5. The lowest BCUT2D eigenvalue weighted by Crippen LogP contribution is -2.49. The smallest absolute Gasteiger partial charge is 0.300 e. The predicted molar refractivity (Wildman–Crippen MR) is 106 cm³/mol. The molecule has 1 saturated heterocycles. The van der Waals surface area contributed by atoms with Crippen molar-refractivity contribution in [2.45, 2.75) is 20.4 Å². The monoisotopic (exact) mass is 383 g/mol. The molecule has 1 fully saturated rings. The number of amides is 1. The summed E-state index contributed by atoms with van der Waals surface area (Å²) in [4.78, 5) is 25.7. The lowest BCUT2D eigenvalue weighted by molar-refractivity contribution is 0.0744. The lowest BCUT2D eigenvalue weighted by atomic mass is 10.2. The van der Waals surface area contributed by atoms with Crippen molar-refractivity contribution in [3.05, 3.63) is 41.3 Å². The van der Waals surface area contributed by atoms with Gasteiger partial charge < -0.3 is 23.5 Å². The first-order chi connectivity index (χ1) is 13.6. The summed E-state index contributed by atoms with van der Waals surface area (Å²) in [7, 11) is 1.69. The van der Waals surface area contributed by atoms with Crippen LogP contribution in [0.3, 0.4) is 0 Å². The molecule has 4 rings (SSSR count). The van der Waals surface area contributed by atoms with Crippen molar-refractivity contribution in [2.75, 3.05) is 44.8 Å². The molecule has 1 aliphatic heterocycles. The standard InChI is InChI=1S/C20H25N5O3/c1-14-13-16(15(2)25(14)11-12-27-3)19(26)23-7-9-24(10-8-23)20-22-18-17(28-20)5-4-6-21-18/h4-6,13H,7-12H2,1-3H3. The van der Waals surface area contributed by atoms with E-state index in [1.807, 2.05) is 36.9 Å². The summed E-state index contributed by atoms with van der Waals surface area (Å²) in [5.74, 6) is 0.0793. The Bertz CT molecular complexity index is 952. The molecule has 0 bridgehead atoms. The molecule has 0 saturated carbocycles. The molecule has 0 radical (unpaired) electrons. The second-order valence-corrected chi connectivity index (χ2v) is 7.03. The van der Waals surface area contributed by atoms with Crippen LogP contribution >= 0.6 is 0 Å². The Morgan fingerprint density at radius 1 is 1.25 bits per heavy atom. The summed E-state index contributed by atoms with van der Waals surface area (Å²) < 4.78 is 13.1. The van der Waals surface area contributed by atoms with Crippen LogP contribution in [0.4, 0.5) is 6.01 Å². The van der Waals surface area contributed by atoms with Crippen LogP contribution in [0.1, 0.15) is 21.7 Å². The second kappa shape index (κ2) is 7.63. The van der Waals surface area contributed by atoms with E-state index in [0.717, 1.165) is 23.5 Å². The van der Waals surface area contributed by atoms with Crippen molar-refractivity contribution in [3.63, 3.8) is 0 Å². The van der Waals surface area contributed by atoms with Crippen LogP contribution in [-0.4, -0.2) is 65.2 Å². The number of piperazine rings is 1. The fourth-order valence-electron chi connectivity index (χ4n) is 3.71. The Hall–Kier alpha value is -2.87. The number of fused-ring (bicyclic) bond motifs is 1. The SMILES string of the molecule is COCCn1c(C)cc(C(=O)N2CCN(c3nc4ncccc4o3)CC2)c1C. The van der Waals surface area contributed by atoms with E-state index in [1.165, 1.54) is 0 Å². The first-order valence-corrected chi connectivity index (χ1v) is 9.50. The van der Waals surface area contributed by atoms with E-state index >= 15 is 0 Å². The minimum atomic E-state index is 0.0793. The summed E-state index contributed by atoms with van der Waals surface area (Å²) in [6, 6.07) is 6.24. The average molecular weight is 383 g/mol. The van der Waals surface area contributed by atoms with Gasteiger partial charge in [-0.05, 0) is 32.0 Å². The average Bonchev–Trinajstić information content (AvgIpc) is 3.27. The van der Waals surface area contributed by atoms with Gasteiger partial charge >= 0.3 is 0 Å². The zero-order chi connectivity index (χ0) is 19.7. The van der Waals surface area contributed by atoms with Gasteiger partial charge in [0.25, 0.3) is 11.9 Å². The molecule has 8 nitrogen and oxygen atoms in total. The fourth-order valence-corrected chi connectivity index (χ4v) is 3.71. The fraction of sp³-hybridized carbons (Fsp3) is 0.450. The van der Waals surface area contributed by atoms with Gasteiger partial charge in [0.2, 0.25) is 5.65 Å². The number of aromatic nitrogens is 3. The maximum Gasteiger partial charge on any atom is 0.300 e. The zero-order valence-electron chi connectivity index (χ0n) is 16.5. The number of aryl methyl sites for hydroxylation is 1. The van der Waals surface area contributed by atoms with E-state index in [4.69, 9.17) is 9.15 Å². The van der Waals surface area contributed by atoms with E-state index in [-0.39, 0.29) is 5.91 Å². The van der Waals surface area contributed by atoms with Crippen molar-refractivity contribution in [3.8, 4) is 0 Å². The number of carbonyl (C=O) groups is 1. The molecule has 3 aromatic heterocycles. The van der Waals surface area contributed by atoms with Crippen molar-refractivity contribution < 1.29 is 13.9 Å². The Kier molecular flexibility index (Phi) is 5.04. The van der Waals surface area contributed by atoms with Gasteiger partial charge in [0.1, 0.15) is 0 Å². The third-order valence-electron chi connectivity index (χ3n) is 5.31. The van der Waals surface area contributed by atoms with Gasteiger partial charge in [0, 0.05) is 57.4 Å². The molecule has 0 atom stereocenters. The molecule has 0 aromatic carbocycles. The van der Waals surface area contributed by atoms with Gasteiger partial charge in [-0.1, -0.05) is 0 Å². The highest BCUT2D eigenvalue weighted by Crippen LogP contribution is 2.23. The number of carbonyl (C=O) groups excluding carboxylic acids is 1. The predicted octanol–water partition coefficient (Wildman–Crippen LogP) is 2.25. The molecular formula is C20H25N5O3. The largest absolute Gasteiger partial charge is 0.422 e. The topological polar surface area (TPSA) is 76.6 Å². The number of oxazole rings is 1. The second-order valence-electron chi connectivity index (χ2n) is 7.03. The highest BCUT2D eigenvalue weighted by Gasteiger charge is 2.27. The molecule has 1 aliphatic rings. The summed E-state index contributed by atoms with van der Waals surface area (Å²) in [5, 5.41) is 0. The molecular weight excluding hydrogens is 358 g/mol. The normalized spacial score (nSPS) is 14.8. The van der Waals surface area contributed by atoms with Crippen molar-refractivity contribution >= 4 is 23.2 Å². The van der Waals surface area contributed by atoms with E-state index in [9.17, 15) is 4.79 Å². The van der Waals surface area contributed by atoms with Crippen LogP contribution in [-0.2, 0) is 11.3 Å². The molecule has 148 valence electrons. The maximum atomic E-state index is 13.1. The van der Waals surface area contributed by atoms with Crippen LogP contribution in [0.25, 0.3) is 11.2 Å². The van der Waals surface area contributed by atoms with Crippen LogP contribution in [0.5, 0.6) is 0 Å². The molecule has 0 N–H and O–H groups in total. The summed E-state index contributed by atoms with van der Waals surface area (Å²) in [5.41, 5.74) is 4.13. The van der Waals surface area contributed by atoms with Gasteiger partial charge in [-0.25, -0.2) is 4.98 Å². The van der Waals surface area contributed by atoms with Crippen molar-refractivity contribution in [1.29, 1.82) is 0 Å². The molecule has 8 heteroatoms. The quantitative estimate of drug-likeness (QED) is 0.673. The lowest BCUT2D eigenvalue weighted by Gasteiger charge is -2.33. The van der Waals surface area contributed by atoms with E-state index in [2.05, 4.69) is 19.4 Å². The third-order valence-corrected chi connectivity index (χ3v) is 5.31. The van der Waals surface area contributed by atoms with E-state index in [1.54, 1.807) is 13.3 Å². The Morgan fingerprint density at radius 2 is 2.04 bits per heavy atom. The Balaban J connectivity index is 1.44. The van der Waals surface area contributed by atoms with E-state index < -0.39 is 0 Å². The minimum absolute atomic E-state index is 0.0793. The van der Waals surface area contributed by atoms with Gasteiger partial charge in [0.15, 0.2) is 5.58 Å². The maximum absolute atomic E-state index is 13.1. The number of methoxy groups -OCH3 is 1. The third kappa shape index (κ3) is 3.35. The molecule has 0 unspecified atom stereocenters. The number of rotatable bonds is 5. The van der Waals surface area contributed by atoms with Crippen molar-refractivity contribution in [2.24, 2.45) is 0 Å². The molecule has 0 spiro atoms.